The van der Waals surface area contributed by atoms with Gasteiger partial charge in [0.25, 0.3) is 0 Å². The summed E-state index contributed by atoms with van der Waals surface area (Å²) in [6.45, 7) is 2.41. The lowest BCUT2D eigenvalue weighted by molar-refractivity contribution is 0.625. The zero-order chi connectivity index (χ0) is 17.1. The number of nitrogens with zero attached hydrogens (tertiary/aromatic N) is 5. The number of fused-ring (bicyclic) bond motifs is 1. The van der Waals surface area contributed by atoms with Crippen molar-refractivity contribution in [2.24, 2.45) is 0 Å². The van der Waals surface area contributed by atoms with E-state index in [1.807, 2.05) is 0 Å². The minimum Gasteiger partial charge on any atom is -0.369 e. The molecule has 0 spiro atoms. The first-order chi connectivity index (χ1) is 12.3. The summed E-state index contributed by atoms with van der Waals surface area (Å²) in [7, 11) is 0. The summed E-state index contributed by atoms with van der Waals surface area (Å²) in [6, 6.07) is 0. The molecule has 136 valence electrons. The van der Waals surface area contributed by atoms with E-state index in [9.17, 15) is 0 Å². The number of hydrogen-bond acceptors (Lipinski definition) is 9. The molecule has 0 aromatic carbocycles. The Labute approximate surface area is 161 Å². The van der Waals surface area contributed by atoms with Crippen LogP contribution in [0.1, 0.15) is 17.0 Å². The summed E-state index contributed by atoms with van der Waals surface area (Å²) < 4.78 is 0. The first-order valence-electron chi connectivity index (χ1n) is 8.10. The van der Waals surface area contributed by atoms with E-state index < -0.39 is 0 Å². The lowest BCUT2D eigenvalue weighted by atomic mass is 10.1. The summed E-state index contributed by atoms with van der Waals surface area (Å²) in [6.07, 6.45) is 6.77. The first-order valence-corrected chi connectivity index (χ1v) is 8.98. The van der Waals surface area contributed by atoms with Crippen LogP contribution in [-0.2, 0) is 19.4 Å². The first kappa shape index (κ1) is 18.4. The van der Waals surface area contributed by atoms with E-state index in [0.717, 1.165) is 65.9 Å². The van der Waals surface area contributed by atoms with Crippen LogP contribution in [0.4, 0.5) is 11.8 Å². The smallest absolute Gasteiger partial charge is 0.222 e. The number of hydrogen-bond donors (Lipinski definition) is 3. The van der Waals surface area contributed by atoms with Gasteiger partial charge in [-0.25, -0.2) is 9.97 Å². The predicted octanol–water partition coefficient (Wildman–Crippen LogP) is 1.69. The van der Waals surface area contributed by atoms with Crippen LogP contribution in [0.15, 0.2) is 24.0 Å². The number of halogens is 1. The molecule has 0 fully saturated rings. The van der Waals surface area contributed by atoms with Gasteiger partial charge in [-0.15, -0.1) is 23.7 Å². The van der Waals surface area contributed by atoms with Crippen LogP contribution in [0.25, 0.3) is 10.7 Å². The van der Waals surface area contributed by atoms with E-state index >= 15 is 0 Å². The maximum Gasteiger partial charge on any atom is 0.222 e. The van der Waals surface area contributed by atoms with Crippen LogP contribution >= 0.6 is 23.7 Å². The van der Waals surface area contributed by atoms with Crippen LogP contribution in [0, 0.1) is 0 Å². The Morgan fingerprint density at radius 1 is 1.23 bits per heavy atom. The fraction of sp³-hybridized carbons (Fsp3) is 0.312. The van der Waals surface area contributed by atoms with Gasteiger partial charge in [-0.1, -0.05) is 0 Å². The van der Waals surface area contributed by atoms with Gasteiger partial charge >= 0.3 is 0 Å². The third-order valence-electron chi connectivity index (χ3n) is 3.96. The monoisotopic (exact) mass is 390 g/mol. The Kier molecular flexibility index (Phi) is 5.92. The van der Waals surface area contributed by atoms with Crippen molar-refractivity contribution in [3.05, 3.63) is 40.9 Å². The molecule has 8 nitrogen and oxygen atoms in total. The Hall–Kier alpha value is -2.36. The molecule has 0 aliphatic carbocycles. The summed E-state index contributed by atoms with van der Waals surface area (Å²) >= 11 is 1.58. The molecule has 1 aliphatic heterocycles. The van der Waals surface area contributed by atoms with Crippen molar-refractivity contribution >= 4 is 35.5 Å². The number of nitrogens with two attached hydrogens (primary N) is 1. The molecule has 0 saturated heterocycles. The summed E-state index contributed by atoms with van der Waals surface area (Å²) in [5.41, 5.74) is 9.79. The second-order valence-corrected chi connectivity index (χ2v) is 6.55. The maximum absolute atomic E-state index is 5.82. The number of aromatic nitrogens is 5. The van der Waals surface area contributed by atoms with Gasteiger partial charge in [0.2, 0.25) is 5.95 Å². The predicted molar refractivity (Wildman–Crippen MR) is 104 cm³/mol. The minimum absolute atomic E-state index is 0. The van der Waals surface area contributed by atoms with E-state index in [0.29, 0.717) is 5.95 Å². The van der Waals surface area contributed by atoms with Crippen LogP contribution in [0.5, 0.6) is 0 Å². The van der Waals surface area contributed by atoms with Gasteiger partial charge in [0.15, 0.2) is 0 Å². The van der Waals surface area contributed by atoms with Gasteiger partial charge in [0.1, 0.15) is 16.5 Å². The second-order valence-electron chi connectivity index (χ2n) is 5.69. The van der Waals surface area contributed by atoms with Crippen molar-refractivity contribution in [1.82, 2.24) is 30.2 Å². The quantitative estimate of drug-likeness (QED) is 0.603. The fourth-order valence-corrected chi connectivity index (χ4v) is 3.60. The molecule has 4 heterocycles. The number of nitrogens with one attached hydrogen (secondary N) is 2. The average Bonchev–Trinajstić information content (AvgIpc) is 3.11. The van der Waals surface area contributed by atoms with E-state index in [4.69, 9.17) is 5.73 Å². The van der Waals surface area contributed by atoms with Crippen molar-refractivity contribution in [3.63, 3.8) is 0 Å². The van der Waals surface area contributed by atoms with E-state index in [-0.39, 0.29) is 12.4 Å². The molecule has 0 unspecified atom stereocenters. The number of rotatable bonds is 5. The van der Waals surface area contributed by atoms with Crippen molar-refractivity contribution in [3.8, 4) is 10.7 Å². The van der Waals surface area contributed by atoms with Crippen LogP contribution in [0.3, 0.4) is 0 Å². The Morgan fingerprint density at radius 3 is 3.00 bits per heavy atom. The van der Waals surface area contributed by atoms with E-state index in [2.05, 4.69) is 40.9 Å². The molecule has 1 aliphatic rings. The van der Waals surface area contributed by atoms with Gasteiger partial charge < -0.3 is 16.4 Å². The molecule has 26 heavy (non-hydrogen) atoms. The van der Waals surface area contributed by atoms with Crippen molar-refractivity contribution in [1.29, 1.82) is 0 Å². The third kappa shape index (κ3) is 4.06. The molecule has 0 bridgehead atoms. The normalized spacial score (nSPS) is 12.9. The standard InChI is InChI=1S/C16H18N8S.ClH/c17-16-23-12-7-18-3-2-11(12)14(24-16)21-4-1-10-9-25-15(22-10)13-8-19-5-6-20-13;/h5-6,8-9,18H,1-4,7H2,(H3,17,21,23,24);1H. The SMILES string of the molecule is Cl.Nc1nc2c(c(NCCc3csc(-c4cnccn4)n3)n1)CCNC2. The highest BCUT2D eigenvalue weighted by Crippen LogP contribution is 2.22. The zero-order valence-corrected chi connectivity index (χ0v) is 15.6. The highest BCUT2D eigenvalue weighted by Gasteiger charge is 2.16. The highest BCUT2D eigenvalue weighted by molar-refractivity contribution is 7.13. The number of nitrogen functional groups attached to an aromatic ring is 1. The summed E-state index contributed by atoms with van der Waals surface area (Å²) in [5, 5.41) is 9.63. The molecule has 0 amide bonds. The molecule has 10 heteroatoms. The van der Waals surface area contributed by atoms with Gasteiger partial charge in [0, 0.05) is 42.8 Å². The lowest BCUT2D eigenvalue weighted by Crippen LogP contribution is -2.27. The average molecular weight is 391 g/mol. The lowest BCUT2D eigenvalue weighted by Gasteiger charge is -2.19. The molecule has 0 saturated carbocycles. The largest absolute Gasteiger partial charge is 0.369 e. The number of thiazole rings is 1. The molecule has 3 aromatic heterocycles. The van der Waals surface area contributed by atoms with Gasteiger partial charge in [0.05, 0.1) is 17.6 Å². The molecule has 4 N–H and O–H groups in total. The molecular weight excluding hydrogens is 372 g/mol. The highest BCUT2D eigenvalue weighted by atomic mass is 35.5. The summed E-state index contributed by atoms with van der Waals surface area (Å²) in [5.74, 6) is 1.15. The van der Waals surface area contributed by atoms with Crippen molar-refractivity contribution in [2.75, 3.05) is 24.1 Å². The Morgan fingerprint density at radius 2 is 2.15 bits per heavy atom. The zero-order valence-electron chi connectivity index (χ0n) is 14.0. The van der Waals surface area contributed by atoms with E-state index in [1.165, 1.54) is 0 Å². The van der Waals surface area contributed by atoms with Crippen LogP contribution in [0.2, 0.25) is 0 Å². The molecular formula is C16H19ClN8S. The Bertz CT molecular complexity index is 870. The minimum atomic E-state index is 0. The third-order valence-corrected chi connectivity index (χ3v) is 4.88. The molecule has 3 aromatic rings. The van der Waals surface area contributed by atoms with Gasteiger partial charge in [-0.2, -0.15) is 4.98 Å². The van der Waals surface area contributed by atoms with Crippen LogP contribution in [-0.4, -0.2) is 38.0 Å². The Balaban J connectivity index is 0.00000196. The van der Waals surface area contributed by atoms with E-state index in [1.54, 1.807) is 29.9 Å². The maximum atomic E-state index is 5.82. The summed E-state index contributed by atoms with van der Waals surface area (Å²) in [4.78, 5) is 21.7. The molecule has 0 radical (unpaired) electrons. The van der Waals surface area contributed by atoms with Crippen molar-refractivity contribution < 1.29 is 0 Å². The van der Waals surface area contributed by atoms with Crippen LogP contribution < -0.4 is 16.4 Å². The van der Waals surface area contributed by atoms with Gasteiger partial charge in [-0.05, 0) is 13.0 Å². The number of anilines is 2. The second kappa shape index (κ2) is 8.35. The topological polar surface area (TPSA) is 115 Å². The fourth-order valence-electron chi connectivity index (χ4n) is 2.78. The molecule has 0 atom stereocenters. The molecule has 4 rings (SSSR count). The van der Waals surface area contributed by atoms with Gasteiger partial charge in [-0.3, -0.25) is 9.97 Å². The van der Waals surface area contributed by atoms with Crippen molar-refractivity contribution in [2.45, 2.75) is 19.4 Å².